The van der Waals surface area contributed by atoms with E-state index < -0.39 is 0 Å². The van der Waals surface area contributed by atoms with Gasteiger partial charge in [-0.25, -0.2) is 0 Å². The predicted octanol–water partition coefficient (Wildman–Crippen LogP) is 8.16. The first-order valence-electron chi connectivity index (χ1n) is 14.6. The van der Waals surface area contributed by atoms with Crippen molar-refractivity contribution in [1.29, 1.82) is 5.26 Å². The van der Waals surface area contributed by atoms with Crippen LogP contribution in [0.5, 0.6) is 0 Å². The van der Waals surface area contributed by atoms with Crippen molar-refractivity contribution in [2.24, 2.45) is 63.0 Å². The molecule has 192 valence electrons. The van der Waals surface area contributed by atoms with Gasteiger partial charge in [-0.2, -0.15) is 5.26 Å². The van der Waals surface area contributed by atoms with E-state index in [4.69, 9.17) is 5.73 Å². The van der Waals surface area contributed by atoms with Gasteiger partial charge in [-0.3, -0.25) is 4.99 Å². The van der Waals surface area contributed by atoms with Crippen molar-refractivity contribution in [3.8, 4) is 6.07 Å². The van der Waals surface area contributed by atoms with Gasteiger partial charge in [-0.15, -0.1) is 0 Å². The van der Waals surface area contributed by atoms with E-state index in [0.717, 1.165) is 35.2 Å². The summed E-state index contributed by atoms with van der Waals surface area (Å²) in [5.41, 5.74) is 7.46. The molecule has 2 N–H and O–H groups in total. The normalized spacial score (nSPS) is 42.2. The Bertz CT molecular complexity index is 763. The lowest BCUT2D eigenvalue weighted by Crippen LogP contribution is -2.51. The Morgan fingerprint density at radius 3 is 2.44 bits per heavy atom. The van der Waals surface area contributed by atoms with Crippen LogP contribution in [0.2, 0.25) is 0 Å². The van der Waals surface area contributed by atoms with E-state index in [1.54, 1.807) is 6.20 Å². The second-order valence-corrected chi connectivity index (χ2v) is 12.8. The maximum Gasteiger partial charge on any atom is 0.0692 e. The van der Waals surface area contributed by atoms with E-state index in [2.05, 4.69) is 45.7 Å². The quantitative estimate of drug-likeness (QED) is 0.400. The average Bonchev–Trinajstić information content (AvgIpc) is 3.33. The molecule has 0 spiro atoms. The minimum Gasteiger partial charge on any atom is -0.404 e. The van der Waals surface area contributed by atoms with Crippen LogP contribution in [0.4, 0.5) is 0 Å². The topological polar surface area (TPSA) is 62.2 Å². The predicted molar refractivity (Wildman–Crippen MR) is 145 cm³/mol. The first-order chi connectivity index (χ1) is 16.3. The molecule has 4 aliphatic carbocycles. The molecule has 4 saturated carbocycles. The van der Waals surface area contributed by atoms with E-state index in [0.29, 0.717) is 23.3 Å². The maximum atomic E-state index is 10.0. The highest BCUT2D eigenvalue weighted by molar-refractivity contribution is 5.77. The number of nitrogens with zero attached hydrogens (tertiary/aromatic N) is 2. The SMILES string of the molecule is CCC.CCCC1CC2CCC3C(CCC4(C)C(C(C#N)CN=C/C(C)=C\N)CCC34)C2(C)C1. The summed E-state index contributed by atoms with van der Waals surface area (Å²) in [4.78, 5) is 4.59. The molecule has 0 saturated heterocycles. The molecule has 0 aliphatic heterocycles. The minimum atomic E-state index is 0.0423. The molecule has 4 rings (SSSR count). The molecule has 0 bridgehead atoms. The molecule has 9 atom stereocenters. The lowest BCUT2D eigenvalue weighted by atomic mass is 9.47. The van der Waals surface area contributed by atoms with E-state index >= 15 is 0 Å². The van der Waals surface area contributed by atoms with Crippen molar-refractivity contribution in [3.05, 3.63) is 11.8 Å². The van der Waals surface area contributed by atoms with Gasteiger partial charge < -0.3 is 5.73 Å². The van der Waals surface area contributed by atoms with E-state index in [1.165, 1.54) is 70.6 Å². The summed E-state index contributed by atoms with van der Waals surface area (Å²) < 4.78 is 0. The van der Waals surface area contributed by atoms with Gasteiger partial charge in [0.15, 0.2) is 0 Å². The van der Waals surface area contributed by atoms with Crippen LogP contribution in [0.3, 0.4) is 0 Å². The summed E-state index contributed by atoms with van der Waals surface area (Å²) in [5, 5.41) is 10.0. The lowest BCUT2D eigenvalue weighted by molar-refractivity contribution is -0.0884. The van der Waals surface area contributed by atoms with Crippen LogP contribution in [-0.2, 0) is 0 Å². The molecule has 0 aromatic carbocycles. The monoisotopic (exact) mass is 467 g/mol. The summed E-state index contributed by atoms with van der Waals surface area (Å²) in [6, 6.07) is 2.67. The fourth-order valence-corrected chi connectivity index (χ4v) is 9.29. The largest absolute Gasteiger partial charge is 0.404 e. The van der Waals surface area contributed by atoms with Gasteiger partial charge in [-0.1, -0.05) is 53.9 Å². The summed E-state index contributed by atoms with van der Waals surface area (Å²) in [6.45, 7) is 14.4. The van der Waals surface area contributed by atoms with Crippen molar-refractivity contribution in [3.63, 3.8) is 0 Å². The molecule has 0 radical (unpaired) electrons. The smallest absolute Gasteiger partial charge is 0.0692 e. The first-order valence-corrected chi connectivity index (χ1v) is 14.6. The molecular formula is C31H53N3. The van der Waals surface area contributed by atoms with Gasteiger partial charge in [-0.05, 0) is 116 Å². The molecular weight excluding hydrogens is 414 g/mol. The Hall–Kier alpha value is -1.30. The van der Waals surface area contributed by atoms with Crippen molar-refractivity contribution in [1.82, 2.24) is 0 Å². The highest BCUT2D eigenvalue weighted by Gasteiger charge is 2.61. The zero-order chi connectivity index (χ0) is 24.9. The number of aliphatic imine (C=N–C) groups is 1. The Morgan fingerprint density at radius 2 is 1.79 bits per heavy atom. The number of hydrogen-bond donors (Lipinski definition) is 1. The van der Waals surface area contributed by atoms with E-state index in [1.807, 2.05) is 13.1 Å². The van der Waals surface area contributed by atoms with Gasteiger partial charge in [0.05, 0.1) is 18.5 Å². The highest BCUT2D eigenvalue weighted by atomic mass is 14.7. The van der Waals surface area contributed by atoms with Gasteiger partial charge in [0.1, 0.15) is 0 Å². The number of nitrogens with two attached hydrogens (primary N) is 1. The molecule has 9 unspecified atom stereocenters. The second-order valence-electron chi connectivity index (χ2n) is 12.8. The van der Waals surface area contributed by atoms with Gasteiger partial charge in [0.2, 0.25) is 0 Å². The van der Waals surface area contributed by atoms with Gasteiger partial charge in [0, 0.05) is 6.21 Å². The van der Waals surface area contributed by atoms with Crippen molar-refractivity contribution >= 4 is 6.21 Å². The van der Waals surface area contributed by atoms with Crippen molar-refractivity contribution in [2.75, 3.05) is 6.54 Å². The summed E-state index contributed by atoms with van der Waals surface area (Å²) >= 11 is 0. The summed E-state index contributed by atoms with van der Waals surface area (Å²) in [6.07, 6.45) is 18.7. The van der Waals surface area contributed by atoms with Crippen LogP contribution in [0, 0.1) is 63.6 Å². The van der Waals surface area contributed by atoms with E-state index in [-0.39, 0.29) is 5.92 Å². The van der Waals surface area contributed by atoms with Crippen LogP contribution in [0.1, 0.15) is 112 Å². The fraction of sp³-hybridized carbons (Fsp3) is 0.871. The van der Waals surface area contributed by atoms with Gasteiger partial charge in [0.25, 0.3) is 0 Å². The number of nitriles is 1. The van der Waals surface area contributed by atoms with Crippen LogP contribution < -0.4 is 5.73 Å². The Balaban J connectivity index is 0.00000103. The Labute approximate surface area is 211 Å². The fourth-order valence-electron chi connectivity index (χ4n) is 9.29. The molecule has 3 heteroatoms. The second kappa shape index (κ2) is 11.6. The van der Waals surface area contributed by atoms with Gasteiger partial charge >= 0.3 is 0 Å². The van der Waals surface area contributed by atoms with Crippen LogP contribution in [0.25, 0.3) is 0 Å². The zero-order valence-electron chi connectivity index (χ0n) is 23.2. The third kappa shape index (κ3) is 5.12. The highest BCUT2D eigenvalue weighted by Crippen LogP contribution is 2.69. The summed E-state index contributed by atoms with van der Waals surface area (Å²) in [5.74, 6) is 5.16. The molecule has 0 heterocycles. The number of hydrogen-bond acceptors (Lipinski definition) is 3. The third-order valence-electron chi connectivity index (χ3n) is 10.7. The molecule has 0 aromatic rings. The first kappa shape index (κ1) is 27.3. The van der Waals surface area contributed by atoms with E-state index in [9.17, 15) is 5.26 Å². The van der Waals surface area contributed by atoms with Crippen molar-refractivity contribution < 1.29 is 0 Å². The Kier molecular flexibility index (Phi) is 9.33. The zero-order valence-corrected chi connectivity index (χ0v) is 23.2. The number of allylic oxidation sites excluding steroid dienone is 1. The molecule has 0 aromatic heterocycles. The number of rotatable bonds is 6. The lowest BCUT2D eigenvalue weighted by Gasteiger charge is -2.58. The maximum absolute atomic E-state index is 10.0. The van der Waals surface area contributed by atoms with Crippen LogP contribution >= 0.6 is 0 Å². The molecule has 34 heavy (non-hydrogen) atoms. The average molecular weight is 468 g/mol. The van der Waals surface area contributed by atoms with Crippen molar-refractivity contribution in [2.45, 2.75) is 112 Å². The number of fused-ring (bicyclic) bond motifs is 5. The third-order valence-corrected chi connectivity index (χ3v) is 10.7. The van der Waals surface area contributed by atoms with Crippen LogP contribution in [0.15, 0.2) is 16.8 Å². The molecule has 4 fully saturated rings. The standard InChI is InChI=1S/C28H45N3.C3H8/c1-5-6-20-13-22-7-8-23-25-10-9-24(21(16-30)18-31-17-19(2)15-29)27(25,3)12-11-26(23)28(22,4)14-20;1-3-2/h15,17,20-26H,5-14,18,29H2,1-4H3;3H2,1-2H3/b19-15-,31-17?;. The van der Waals surface area contributed by atoms with Crippen LogP contribution in [-0.4, -0.2) is 12.8 Å². The Morgan fingerprint density at radius 1 is 1.09 bits per heavy atom. The molecule has 0 amide bonds. The minimum absolute atomic E-state index is 0.0423. The molecule has 3 nitrogen and oxygen atoms in total. The molecule has 4 aliphatic rings. The summed E-state index contributed by atoms with van der Waals surface area (Å²) in [7, 11) is 0.